The summed E-state index contributed by atoms with van der Waals surface area (Å²) in [6.07, 6.45) is 2.37. The van der Waals surface area contributed by atoms with Crippen molar-refractivity contribution in [2.24, 2.45) is 0 Å². The molecule has 1 aliphatic heterocycles. The van der Waals surface area contributed by atoms with Crippen molar-refractivity contribution in [3.05, 3.63) is 12.7 Å². The van der Waals surface area contributed by atoms with E-state index in [-0.39, 0.29) is 5.82 Å². The van der Waals surface area contributed by atoms with Gasteiger partial charge in [-0.1, -0.05) is 0 Å². The van der Waals surface area contributed by atoms with Gasteiger partial charge in [0.05, 0.1) is 19.0 Å². The highest BCUT2D eigenvalue weighted by Gasteiger charge is 2.39. The van der Waals surface area contributed by atoms with Crippen molar-refractivity contribution in [3.63, 3.8) is 0 Å². The summed E-state index contributed by atoms with van der Waals surface area (Å²) in [5, 5.41) is 0. The van der Waals surface area contributed by atoms with Gasteiger partial charge >= 0.3 is 23.3 Å². The van der Waals surface area contributed by atoms with Crippen LogP contribution in [0.5, 0.6) is 0 Å². The van der Waals surface area contributed by atoms with Gasteiger partial charge in [0.2, 0.25) is 0 Å². The number of fused-ring (bicyclic) bond motifs is 1. The first kappa shape index (κ1) is 22.4. The van der Waals surface area contributed by atoms with Crippen molar-refractivity contribution in [2.45, 2.75) is 25.2 Å². The fourth-order valence-electron chi connectivity index (χ4n) is 2.62. The molecule has 3 heterocycles. The van der Waals surface area contributed by atoms with Gasteiger partial charge in [-0.05, 0) is 12.8 Å². The Kier molecular flexibility index (Phi) is 6.26. The average molecular weight is 474 g/mol. The Labute approximate surface area is 162 Å². The van der Waals surface area contributed by atoms with E-state index in [1.807, 2.05) is 0 Å². The number of nitrogens with zero attached hydrogens (tertiary/aromatic N) is 4. The van der Waals surface area contributed by atoms with Crippen LogP contribution < -0.4 is 10.6 Å². The molecule has 0 saturated carbocycles. The molecular weight excluding hydrogens is 457 g/mol. The molecular formula is C10H17N6O10P3. The minimum atomic E-state index is -5.31. The fraction of sp³-hybridized carbons (Fsp3) is 0.500. The zero-order valence-corrected chi connectivity index (χ0v) is 17.1. The van der Waals surface area contributed by atoms with E-state index in [1.54, 1.807) is 4.57 Å². The Morgan fingerprint density at radius 2 is 1.93 bits per heavy atom. The normalized spacial score (nSPS) is 24.4. The lowest BCUT2D eigenvalue weighted by Crippen LogP contribution is -2.17. The molecule has 2 aromatic heterocycles. The van der Waals surface area contributed by atoms with E-state index in [0.717, 1.165) is 4.86 Å². The van der Waals surface area contributed by atoms with Gasteiger partial charge in [-0.15, -0.1) is 4.86 Å². The van der Waals surface area contributed by atoms with Gasteiger partial charge in [0.15, 0.2) is 11.5 Å². The number of phosphoric ester groups is 1. The van der Waals surface area contributed by atoms with Crippen LogP contribution in [0.2, 0.25) is 0 Å². The van der Waals surface area contributed by atoms with Crippen molar-refractivity contribution < 1.29 is 46.8 Å². The number of imidazole rings is 1. The topological polar surface area (TPSA) is 241 Å². The monoisotopic (exact) mass is 474 g/mol. The third-order valence-electron chi connectivity index (χ3n) is 3.68. The van der Waals surface area contributed by atoms with Gasteiger partial charge < -0.3 is 30.0 Å². The molecule has 16 nitrogen and oxygen atoms in total. The van der Waals surface area contributed by atoms with Crippen molar-refractivity contribution in [1.29, 1.82) is 0 Å². The van der Waals surface area contributed by atoms with Gasteiger partial charge in [-0.25, -0.2) is 28.6 Å². The number of nitrogens with one attached hydrogen (secondary N) is 1. The maximum Gasteiger partial charge on any atom is 0.480 e. The van der Waals surface area contributed by atoms with Crippen LogP contribution in [-0.4, -0.2) is 51.8 Å². The summed E-state index contributed by atoms with van der Waals surface area (Å²) in [5.74, 6) is 0.197. The highest BCUT2D eigenvalue weighted by Crippen LogP contribution is 2.61. The number of rotatable bonds is 8. The zero-order valence-electron chi connectivity index (χ0n) is 14.4. The van der Waals surface area contributed by atoms with Crippen LogP contribution in [0.3, 0.4) is 0 Å². The maximum atomic E-state index is 11.8. The number of phosphoric acid groups is 1. The van der Waals surface area contributed by atoms with E-state index in [2.05, 4.69) is 23.8 Å². The molecule has 0 amide bonds. The summed E-state index contributed by atoms with van der Waals surface area (Å²) >= 11 is 0. The molecule has 0 spiro atoms. The number of anilines is 1. The van der Waals surface area contributed by atoms with Gasteiger partial charge in [-0.2, -0.15) is 4.31 Å². The van der Waals surface area contributed by atoms with Crippen LogP contribution >= 0.6 is 23.3 Å². The third-order valence-corrected chi connectivity index (χ3v) is 7.92. The molecule has 0 aliphatic carbocycles. The van der Waals surface area contributed by atoms with Crippen LogP contribution in [0, 0.1) is 0 Å². The number of ether oxygens (including phenoxy) is 1. The van der Waals surface area contributed by atoms with Crippen LogP contribution in [0.1, 0.15) is 19.1 Å². The predicted octanol–water partition coefficient (Wildman–Crippen LogP) is 0.00240. The predicted molar refractivity (Wildman–Crippen MR) is 94.7 cm³/mol. The minimum absolute atomic E-state index is 0.197. The largest absolute Gasteiger partial charge is 0.480 e. The standard InChI is InChI=1S/C10H17N6O10P3/c11-9-8-10(13-4-12-9)16(5-14-8)7-2-1-6(25-7)3-24-29(22,23)26-28(20,21)15-27(17,18)19/h4-7H,1-3H2,(H,22,23)(H2,11,12,13)(H4,15,17,18,19,20,21)/t6-,7+/m0/s1. The summed E-state index contributed by atoms with van der Waals surface area (Å²) in [4.78, 5) is 48.9. The summed E-state index contributed by atoms with van der Waals surface area (Å²) in [6.45, 7) is -0.496. The quantitative estimate of drug-likeness (QED) is 0.276. The molecule has 29 heavy (non-hydrogen) atoms. The lowest BCUT2D eigenvalue weighted by Gasteiger charge is -2.19. The molecule has 7 N–H and O–H groups in total. The summed E-state index contributed by atoms with van der Waals surface area (Å²) in [6, 6.07) is 0. The lowest BCUT2D eigenvalue weighted by molar-refractivity contribution is -0.0202. The maximum absolute atomic E-state index is 11.8. The smallest absolute Gasteiger partial charge is 0.382 e. The number of hydrogen-bond donors (Lipinski definition) is 6. The van der Waals surface area contributed by atoms with Gasteiger partial charge in [0.1, 0.15) is 18.1 Å². The van der Waals surface area contributed by atoms with E-state index in [9.17, 15) is 23.5 Å². The molecule has 3 rings (SSSR count). The molecule has 4 atom stereocenters. The first-order valence-electron chi connectivity index (χ1n) is 7.80. The van der Waals surface area contributed by atoms with E-state index < -0.39 is 42.3 Å². The lowest BCUT2D eigenvalue weighted by atomic mass is 10.2. The van der Waals surface area contributed by atoms with E-state index in [1.165, 1.54) is 12.7 Å². The van der Waals surface area contributed by atoms with Crippen molar-refractivity contribution in [3.8, 4) is 0 Å². The molecule has 0 radical (unpaired) electrons. The molecule has 1 saturated heterocycles. The van der Waals surface area contributed by atoms with Crippen LogP contribution in [0.4, 0.5) is 5.82 Å². The molecule has 0 aromatic carbocycles. The molecule has 1 aliphatic rings. The first-order chi connectivity index (χ1) is 13.4. The van der Waals surface area contributed by atoms with E-state index >= 15 is 0 Å². The fourth-order valence-corrected chi connectivity index (χ4v) is 6.07. The van der Waals surface area contributed by atoms with Crippen LogP contribution in [0.15, 0.2) is 12.7 Å². The van der Waals surface area contributed by atoms with Crippen LogP contribution in [0.25, 0.3) is 11.2 Å². The minimum Gasteiger partial charge on any atom is -0.382 e. The van der Waals surface area contributed by atoms with Gasteiger partial charge in [-0.3, -0.25) is 9.09 Å². The molecule has 0 bridgehead atoms. The second-order valence-corrected chi connectivity index (χ2v) is 10.7. The molecule has 162 valence electrons. The SMILES string of the molecule is Nc1ncnc2c1ncn2[C@H]1CC[C@@H](COP(=O)(O)OP(=O)(O)NP(=O)(O)O)O1. The molecule has 1 fully saturated rings. The van der Waals surface area contributed by atoms with E-state index in [0.29, 0.717) is 24.0 Å². The Balaban J connectivity index is 1.58. The van der Waals surface area contributed by atoms with E-state index in [4.69, 9.17) is 20.3 Å². The number of hydrogen-bond acceptors (Lipinski definition) is 10. The van der Waals surface area contributed by atoms with Gasteiger partial charge in [0, 0.05) is 0 Å². The summed E-state index contributed by atoms with van der Waals surface area (Å²) in [5.41, 5.74) is 6.55. The Hall–Kier alpha value is -1.28. The Bertz CT molecular complexity index is 1040. The zero-order chi connectivity index (χ0) is 21.4. The first-order valence-corrected chi connectivity index (χ1v) is 12.5. The van der Waals surface area contributed by atoms with Gasteiger partial charge in [0.25, 0.3) is 0 Å². The second-order valence-electron chi connectivity index (χ2n) is 5.88. The Morgan fingerprint density at radius 1 is 1.21 bits per heavy atom. The summed E-state index contributed by atoms with van der Waals surface area (Å²) in [7, 11) is -15.6. The van der Waals surface area contributed by atoms with Crippen molar-refractivity contribution in [1.82, 2.24) is 24.4 Å². The third kappa shape index (κ3) is 5.87. The van der Waals surface area contributed by atoms with Crippen molar-refractivity contribution in [2.75, 3.05) is 12.3 Å². The number of nitrogens with two attached hydrogens (primary N) is 1. The average Bonchev–Trinajstić information content (AvgIpc) is 3.16. The highest BCUT2D eigenvalue weighted by molar-refractivity contribution is 7.70. The van der Waals surface area contributed by atoms with Crippen molar-refractivity contribution >= 4 is 40.3 Å². The molecule has 19 heteroatoms. The highest BCUT2D eigenvalue weighted by atomic mass is 31.3. The molecule has 2 unspecified atom stereocenters. The second kappa shape index (κ2) is 8.10. The number of nitrogen functional groups attached to an aromatic ring is 1. The Morgan fingerprint density at radius 3 is 2.62 bits per heavy atom. The number of aromatic nitrogens is 4. The van der Waals surface area contributed by atoms with Crippen LogP contribution in [-0.2, 0) is 27.3 Å². The summed E-state index contributed by atoms with van der Waals surface area (Å²) < 4.78 is 49.7. The molecule has 2 aromatic rings.